The summed E-state index contributed by atoms with van der Waals surface area (Å²) in [5.41, 5.74) is 0. The van der Waals surface area contributed by atoms with Gasteiger partial charge in [0.25, 0.3) is 0 Å². The van der Waals surface area contributed by atoms with E-state index in [1.807, 2.05) is 0 Å². The van der Waals surface area contributed by atoms with Crippen LogP contribution in [0.5, 0.6) is 0 Å². The van der Waals surface area contributed by atoms with E-state index in [4.69, 9.17) is 27.5 Å². The Morgan fingerprint density at radius 3 is 1.04 bits per heavy atom. The van der Waals surface area contributed by atoms with E-state index in [1.165, 1.54) is 0 Å². The maximum atomic E-state index is 6.07. The zero-order valence-electron chi connectivity index (χ0n) is 18.3. The van der Waals surface area contributed by atoms with Crippen LogP contribution in [0.4, 0.5) is 0 Å². The first-order chi connectivity index (χ1) is 13.2. The molecule has 0 aliphatic heterocycles. The first kappa shape index (κ1) is 27.0. The van der Waals surface area contributed by atoms with Gasteiger partial charge in [0.05, 0.1) is 39.6 Å². The Balaban J connectivity index is 4.23. The summed E-state index contributed by atoms with van der Waals surface area (Å²) in [5, 5.41) is 0. The van der Waals surface area contributed by atoms with E-state index in [2.05, 4.69) is 27.7 Å². The fourth-order valence-electron chi connectivity index (χ4n) is 2.24. The highest BCUT2D eigenvalue weighted by molar-refractivity contribution is 6.60. The first-order valence-electron chi connectivity index (χ1n) is 10.9. The molecule has 0 unspecified atom stereocenters. The molecule has 0 amide bonds. The Kier molecular flexibility index (Phi) is 20.7. The van der Waals surface area contributed by atoms with Gasteiger partial charge in [-0.1, -0.05) is 47.0 Å². The molecule has 0 saturated carbocycles. The van der Waals surface area contributed by atoms with E-state index in [0.717, 1.165) is 64.4 Å². The number of hydrogen-bond acceptors (Lipinski definition) is 6. The Hall–Kier alpha value is -0.0231. The maximum absolute atomic E-state index is 6.07. The summed E-state index contributed by atoms with van der Waals surface area (Å²) in [6.07, 6.45) is 6.64. The average molecular weight is 409 g/mol. The predicted octanol–water partition coefficient (Wildman–Crippen LogP) is 4.45. The van der Waals surface area contributed by atoms with Crippen molar-refractivity contribution in [1.82, 2.24) is 0 Å². The van der Waals surface area contributed by atoms with Crippen molar-refractivity contribution < 1.29 is 27.5 Å². The number of hydrogen-bond donors (Lipinski definition) is 0. The van der Waals surface area contributed by atoms with Crippen molar-refractivity contribution in [3.8, 4) is 0 Å². The Morgan fingerprint density at radius 2 is 0.778 bits per heavy atom. The first-order valence-corrected chi connectivity index (χ1v) is 12.8. The normalized spacial score (nSPS) is 12.0. The van der Waals surface area contributed by atoms with Crippen LogP contribution in [-0.4, -0.2) is 68.3 Å². The minimum atomic E-state index is -2.71. The molecule has 0 spiro atoms. The van der Waals surface area contributed by atoms with Crippen LogP contribution in [0.15, 0.2) is 0 Å². The standard InChI is InChI=1S/C20H44O6Si/c1-5-9-12-21-15-18-24-27(8-4,25-19-16-22-13-10-6-2)26-20-17-23-14-11-7-3/h5-20H2,1-4H3. The monoisotopic (exact) mass is 408 g/mol. The SMILES string of the molecule is CCCCOCCO[Si](CC)(OCCOCCCC)OCCOCCCC. The van der Waals surface area contributed by atoms with Gasteiger partial charge in [0.1, 0.15) is 0 Å². The molecule has 0 aliphatic carbocycles. The molecule has 0 rings (SSSR count). The molecule has 6 nitrogen and oxygen atoms in total. The van der Waals surface area contributed by atoms with Crippen LogP contribution in [0.25, 0.3) is 0 Å². The predicted molar refractivity (Wildman–Crippen MR) is 111 cm³/mol. The molecule has 0 aromatic carbocycles. The van der Waals surface area contributed by atoms with Gasteiger partial charge in [0.2, 0.25) is 0 Å². The lowest BCUT2D eigenvalue weighted by Gasteiger charge is -2.28. The molecule has 7 heteroatoms. The number of ether oxygens (including phenoxy) is 3. The lowest BCUT2D eigenvalue weighted by atomic mass is 10.4. The second-order valence-electron chi connectivity index (χ2n) is 6.48. The van der Waals surface area contributed by atoms with Gasteiger partial charge in [-0.2, -0.15) is 0 Å². The van der Waals surface area contributed by atoms with Crippen molar-refractivity contribution in [3.63, 3.8) is 0 Å². The summed E-state index contributed by atoms with van der Waals surface area (Å²) in [5.74, 6) is 0. The van der Waals surface area contributed by atoms with Crippen LogP contribution in [-0.2, 0) is 27.5 Å². The van der Waals surface area contributed by atoms with Crippen LogP contribution in [0.2, 0.25) is 6.04 Å². The molecule has 0 bridgehead atoms. The van der Waals surface area contributed by atoms with E-state index in [0.29, 0.717) is 39.6 Å². The van der Waals surface area contributed by atoms with Gasteiger partial charge in [-0.3, -0.25) is 0 Å². The van der Waals surface area contributed by atoms with Crippen molar-refractivity contribution in [2.75, 3.05) is 59.5 Å². The van der Waals surface area contributed by atoms with E-state index in [-0.39, 0.29) is 0 Å². The molecule has 164 valence electrons. The quantitative estimate of drug-likeness (QED) is 0.195. The summed E-state index contributed by atoms with van der Waals surface area (Å²) in [6, 6.07) is 0.728. The summed E-state index contributed by atoms with van der Waals surface area (Å²) in [4.78, 5) is 0. The Labute approximate surface area is 168 Å². The number of unbranched alkanes of at least 4 members (excludes halogenated alkanes) is 3. The third-order valence-electron chi connectivity index (χ3n) is 4.01. The van der Waals surface area contributed by atoms with E-state index in [9.17, 15) is 0 Å². The van der Waals surface area contributed by atoms with E-state index >= 15 is 0 Å². The van der Waals surface area contributed by atoms with Gasteiger partial charge >= 0.3 is 8.80 Å². The topological polar surface area (TPSA) is 55.4 Å². The second kappa shape index (κ2) is 20.7. The largest absolute Gasteiger partial charge is 0.500 e. The molecular weight excluding hydrogens is 364 g/mol. The van der Waals surface area contributed by atoms with Gasteiger partial charge in [-0.25, -0.2) is 0 Å². The van der Waals surface area contributed by atoms with Crippen molar-refractivity contribution >= 4 is 8.80 Å². The average Bonchev–Trinajstić information content (AvgIpc) is 2.69. The van der Waals surface area contributed by atoms with Gasteiger partial charge in [0, 0.05) is 25.9 Å². The number of rotatable bonds is 22. The molecule has 0 aliphatic rings. The Morgan fingerprint density at radius 1 is 0.444 bits per heavy atom. The van der Waals surface area contributed by atoms with Crippen LogP contribution in [0.3, 0.4) is 0 Å². The highest BCUT2D eigenvalue weighted by atomic mass is 28.4. The van der Waals surface area contributed by atoms with Gasteiger partial charge < -0.3 is 27.5 Å². The molecule has 0 aromatic heterocycles. The minimum absolute atomic E-state index is 0.497. The molecule has 0 radical (unpaired) electrons. The van der Waals surface area contributed by atoms with Crippen molar-refractivity contribution in [1.29, 1.82) is 0 Å². The van der Waals surface area contributed by atoms with Crippen LogP contribution in [0, 0.1) is 0 Å². The summed E-state index contributed by atoms with van der Waals surface area (Å²) < 4.78 is 35.0. The minimum Gasteiger partial charge on any atom is -0.379 e. The van der Waals surface area contributed by atoms with Gasteiger partial charge in [0.15, 0.2) is 0 Å². The zero-order chi connectivity index (χ0) is 20.1. The fraction of sp³-hybridized carbons (Fsp3) is 1.00. The third-order valence-corrected chi connectivity index (χ3v) is 6.81. The van der Waals surface area contributed by atoms with Gasteiger partial charge in [-0.05, 0) is 19.3 Å². The van der Waals surface area contributed by atoms with Crippen LogP contribution >= 0.6 is 0 Å². The molecule has 27 heavy (non-hydrogen) atoms. The summed E-state index contributed by atoms with van der Waals surface area (Å²) >= 11 is 0. The van der Waals surface area contributed by atoms with Crippen molar-refractivity contribution in [2.24, 2.45) is 0 Å². The summed E-state index contributed by atoms with van der Waals surface area (Å²) in [7, 11) is -2.71. The molecule has 0 fully saturated rings. The highest BCUT2D eigenvalue weighted by Gasteiger charge is 2.39. The third kappa shape index (κ3) is 16.6. The van der Waals surface area contributed by atoms with Crippen LogP contribution in [0.1, 0.15) is 66.2 Å². The van der Waals surface area contributed by atoms with Crippen molar-refractivity contribution in [2.45, 2.75) is 72.3 Å². The van der Waals surface area contributed by atoms with Crippen LogP contribution < -0.4 is 0 Å². The second-order valence-corrected chi connectivity index (χ2v) is 9.42. The highest BCUT2D eigenvalue weighted by Crippen LogP contribution is 2.15. The molecule has 0 saturated heterocycles. The zero-order valence-corrected chi connectivity index (χ0v) is 19.3. The van der Waals surface area contributed by atoms with E-state index in [1.54, 1.807) is 0 Å². The molecule has 0 N–H and O–H groups in total. The summed E-state index contributed by atoms with van der Waals surface area (Å²) in [6.45, 7) is 14.1. The lowest BCUT2D eigenvalue weighted by molar-refractivity contribution is 0.000566. The molecule has 0 aromatic rings. The Bertz CT molecular complexity index is 253. The fourth-order valence-corrected chi connectivity index (χ4v) is 4.29. The maximum Gasteiger partial charge on any atom is 0.500 e. The van der Waals surface area contributed by atoms with Gasteiger partial charge in [-0.15, -0.1) is 0 Å². The molecular formula is C20H44O6Si. The smallest absolute Gasteiger partial charge is 0.379 e. The lowest BCUT2D eigenvalue weighted by Crippen LogP contribution is -2.47. The van der Waals surface area contributed by atoms with Crippen molar-refractivity contribution in [3.05, 3.63) is 0 Å². The van der Waals surface area contributed by atoms with E-state index < -0.39 is 8.80 Å². The molecule has 0 atom stereocenters. The molecule has 0 heterocycles.